The molecule has 1 saturated carbocycles. The fraction of sp³-hybridized carbons (Fsp3) is 0.760. The number of amides is 1. The summed E-state index contributed by atoms with van der Waals surface area (Å²) in [4.78, 5) is 39.1. The maximum absolute atomic E-state index is 11.5. The molecule has 1 unspecified atom stereocenters. The standard InChI is InChI=1S/C19H35NO2.C6H9N3O2/c1-2-3-4-5-6-7-8-9-10-11-12-13-14-15-19(22)20-17-16-18(17)21;7-5(6(10)11)1-4-2-8-3-9-4/h17H,2-16H2,1H3,(H,20,22);2-3,5H,1,7H2,(H,8,9)(H,10,11)/t;5-/m.0/s1. The summed E-state index contributed by atoms with van der Waals surface area (Å²) in [5.41, 5.74) is 5.92. The second-order valence-electron chi connectivity index (χ2n) is 8.99. The molecular weight excluding hydrogens is 420 g/mol. The Labute approximate surface area is 198 Å². The minimum Gasteiger partial charge on any atom is -0.480 e. The van der Waals surface area contributed by atoms with Gasteiger partial charge >= 0.3 is 5.97 Å². The van der Waals surface area contributed by atoms with E-state index < -0.39 is 12.0 Å². The third-order valence-electron chi connectivity index (χ3n) is 5.78. The van der Waals surface area contributed by atoms with Gasteiger partial charge in [-0.05, 0) is 6.42 Å². The number of hydrogen-bond acceptors (Lipinski definition) is 5. The summed E-state index contributed by atoms with van der Waals surface area (Å²) in [7, 11) is 0. The van der Waals surface area contributed by atoms with Crippen molar-refractivity contribution < 1.29 is 19.5 Å². The number of nitrogens with zero attached hydrogens (tertiary/aromatic N) is 1. The molecule has 1 amide bonds. The molecule has 0 saturated heterocycles. The summed E-state index contributed by atoms with van der Waals surface area (Å²) in [6.45, 7) is 2.26. The number of carbonyl (C=O) groups is 3. The van der Waals surface area contributed by atoms with Gasteiger partial charge in [0, 0.05) is 25.5 Å². The van der Waals surface area contributed by atoms with Gasteiger partial charge in [0.15, 0.2) is 5.78 Å². The van der Waals surface area contributed by atoms with Crippen molar-refractivity contribution in [1.29, 1.82) is 0 Å². The number of imidazole rings is 1. The Morgan fingerprint density at radius 1 is 1.06 bits per heavy atom. The second-order valence-corrected chi connectivity index (χ2v) is 8.99. The first kappa shape index (κ1) is 28.8. The zero-order valence-corrected chi connectivity index (χ0v) is 20.3. The number of carboxylic acids is 1. The Bertz CT molecular complexity index is 663. The highest BCUT2D eigenvalue weighted by Gasteiger charge is 2.35. The second kappa shape index (κ2) is 18.2. The lowest BCUT2D eigenvalue weighted by atomic mass is 10.0. The van der Waals surface area contributed by atoms with Crippen molar-refractivity contribution in [2.45, 2.75) is 122 Å². The third kappa shape index (κ3) is 16.1. The average Bonchev–Trinajstić information content (AvgIpc) is 3.23. The van der Waals surface area contributed by atoms with Crippen LogP contribution in [-0.4, -0.2) is 44.8 Å². The highest BCUT2D eigenvalue weighted by atomic mass is 16.4. The fourth-order valence-electron chi connectivity index (χ4n) is 3.56. The normalized spacial score (nSPS) is 15.5. The van der Waals surface area contributed by atoms with Gasteiger partial charge in [-0.25, -0.2) is 4.98 Å². The molecule has 33 heavy (non-hydrogen) atoms. The minimum atomic E-state index is -1.01. The largest absolute Gasteiger partial charge is 0.480 e. The summed E-state index contributed by atoms with van der Waals surface area (Å²) < 4.78 is 0. The average molecular weight is 465 g/mol. The van der Waals surface area contributed by atoms with Crippen LogP contribution in [0.25, 0.3) is 0 Å². The molecule has 0 aliphatic heterocycles. The molecule has 2 atom stereocenters. The zero-order chi connectivity index (χ0) is 24.3. The van der Waals surface area contributed by atoms with Crippen molar-refractivity contribution in [1.82, 2.24) is 15.3 Å². The number of unbranched alkanes of at least 4 members (excludes halogenated alkanes) is 12. The van der Waals surface area contributed by atoms with E-state index in [1.54, 1.807) is 6.20 Å². The van der Waals surface area contributed by atoms with E-state index in [-0.39, 0.29) is 24.2 Å². The van der Waals surface area contributed by atoms with Crippen LogP contribution in [0.3, 0.4) is 0 Å². The van der Waals surface area contributed by atoms with Crippen molar-refractivity contribution in [2.75, 3.05) is 0 Å². The number of aromatic amines is 1. The van der Waals surface area contributed by atoms with E-state index in [1.807, 2.05) is 0 Å². The van der Waals surface area contributed by atoms with Crippen molar-refractivity contribution in [3.05, 3.63) is 18.2 Å². The van der Waals surface area contributed by atoms with Crippen LogP contribution in [0.4, 0.5) is 0 Å². The van der Waals surface area contributed by atoms with Crippen LogP contribution in [0, 0.1) is 0 Å². The molecule has 0 bridgehead atoms. The lowest BCUT2D eigenvalue weighted by molar-refractivity contribution is -0.138. The fourth-order valence-corrected chi connectivity index (χ4v) is 3.56. The molecule has 1 fully saturated rings. The van der Waals surface area contributed by atoms with Crippen LogP contribution in [0.2, 0.25) is 0 Å². The predicted octanol–water partition coefficient (Wildman–Crippen LogP) is 4.29. The molecule has 5 N–H and O–H groups in total. The Hall–Kier alpha value is -2.22. The number of ketones is 1. The summed E-state index contributed by atoms with van der Waals surface area (Å²) in [5, 5.41) is 11.2. The van der Waals surface area contributed by atoms with Gasteiger partial charge in [-0.1, -0.05) is 84.0 Å². The van der Waals surface area contributed by atoms with Crippen LogP contribution in [-0.2, 0) is 20.8 Å². The van der Waals surface area contributed by atoms with Crippen LogP contribution >= 0.6 is 0 Å². The van der Waals surface area contributed by atoms with Crippen LogP contribution in [0.1, 0.15) is 109 Å². The summed E-state index contributed by atoms with van der Waals surface area (Å²) in [6, 6.07) is -1.01. The predicted molar refractivity (Wildman–Crippen MR) is 130 cm³/mol. The maximum Gasteiger partial charge on any atom is 0.320 e. The number of carboxylic acid groups (broad SMARTS) is 1. The third-order valence-corrected chi connectivity index (χ3v) is 5.78. The van der Waals surface area contributed by atoms with Crippen molar-refractivity contribution in [3.63, 3.8) is 0 Å². The number of nitrogens with one attached hydrogen (secondary N) is 2. The quantitative estimate of drug-likeness (QED) is 0.239. The monoisotopic (exact) mass is 464 g/mol. The first-order valence-electron chi connectivity index (χ1n) is 12.7. The highest BCUT2D eigenvalue weighted by Crippen LogP contribution is 2.15. The molecule has 1 aromatic rings. The molecule has 8 nitrogen and oxygen atoms in total. The Balaban J connectivity index is 0.000000412. The first-order chi connectivity index (χ1) is 15.9. The van der Waals surface area contributed by atoms with E-state index >= 15 is 0 Å². The van der Waals surface area contributed by atoms with E-state index in [9.17, 15) is 14.4 Å². The smallest absolute Gasteiger partial charge is 0.320 e. The molecule has 2 rings (SSSR count). The van der Waals surface area contributed by atoms with E-state index in [0.717, 1.165) is 12.8 Å². The maximum atomic E-state index is 11.5. The molecule has 1 heterocycles. The molecule has 1 aliphatic rings. The van der Waals surface area contributed by atoms with Gasteiger partial charge in [0.05, 0.1) is 18.1 Å². The SMILES string of the molecule is CCCCCCCCCCCCCCCC(=O)NC1CC1=O.N[C@@H](Cc1c[nH]cn1)C(=O)O. The zero-order valence-electron chi connectivity index (χ0n) is 20.3. The first-order valence-corrected chi connectivity index (χ1v) is 12.7. The van der Waals surface area contributed by atoms with Gasteiger partial charge in [-0.2, -0.15) is 0 Å². The van der Waals surface area contributed by atoms with Gasteiger partial charge in [0.25, 0.3) is 0 Å². The molecule has 8 heteroatoms. The van der Waals surface area contributed by atoms with Gasteiger partial charge in [-0.15, -0.1) is 0 Å². The Morgan fingerprint density at radius 3 is 2.00 bits per heavy atom. The molecule has 188 valence electrons. The summed E-state index contributed by atoms with van der Waals surface area (Å²) >= 11 is 0. The van der Waals surface area contributed by atoms with Gasteiger partial charge in [-0.3, -0.25) is 14.4 Å². The Morgan fingerprint density at radius 2 is 1.58 bits per heavy atom. The molecular formula is C25H44N4O4. The number of rotatable bonds is 18. The molecule has 0 aromatic carbocycles. The van der Waals surface area contributed by atoms with Crippen molar-refractivity contribution in [3.8, 4) is 0 Å². The van der Waals surface area contributed by atoms with E-state index in [2.05, 4.69) is 22.2 Å². The molecule has 1 aromatic heterocycles. The molecule has 1 aliphatic carbocycles. The number of hydrogen-bond donors (Lipinski definition) is 4. The van der Waals surface area contributed by atoms with E-state index in [1.165, 1.54) is 77.0 Å². The molecule has 0 radical (unpaired) electrons. The van der Waals surface area contributed by atoms with Crippen molar-refractivity contribution in [2.24, 2.45) is 5.73 Å². The van der Waals surface area contributed by atoms with E-state index in [4.69, 9.17) is 10.8 Å². The van der Waals surface area contributed by atoms with Crippen LogP contribution < -0.4 is 11.1 Å². The van der Waals surface area contributed by atoms with Crippen LogP contribution in [0.5, 0.6) is 0 Å². The lowest BCUT2D eigenvalue weighted by Crippen LogP contribution is -2.32. The number of nitrogens with two attached hydrogens (primary N) is 1. The van der Waals surface area contributed by atoms with Gasteiger partial charge < -0.3 is 21.1 Å². The topological polar surface area (TPSA) is 138 Å². The van der Waals surface area contributed by atoms with Crippen molar-refractivity contribution >= 4 is 17.7 Å². The molecule has 0 spiro atoms. The van der Waals surface area contributed by atoms with Crippen LogP contribution in [0.15, 0.2) is 12.5 Å². The summed E-state index contributed by atoms with van der Waals surface area (Å²) in [6.07, 6.45) is 21.7. The number of aliphatic carboxylic acids is 1. The summed E-state index contributed by atoms with van der Waals surface area (Å²) in [5.74, 6) is -0.773. The van der Waals surface area contributed by atoms with Gasteiger partial charge in [0.1, 0.15) is 6.04 Å². The highest BCUT2D eigenvalue weighted by molar-refractivity contribution is 6.02. The number of aromatic nitrogens is 2. The number of carbonyl (C=O) groups excluding carboxylic acids is 2. The minimum absolute atomic E-state index is 0.0546. The van der Waals surface area contributed by atoms with Gasteiger partial charge in [0.2, 0.25) is 5.91 Å². The lowest BCUT2D eigenvalue weighted by Gasteiger charge is -2.03. The van der Waals surface area contributed by atoms with E-state index in [0.29, 0.717) is 18.5 Å². The number of H-pyrrole nitrogens is 1. The Kier molecular flexibility index (Phi) is 15.9. The number of Topliss-reactive ketones (excluding diaryl/α,β-unsaturated/α-hetero) is 1.